The minimum absolute atomic E-state index is 0.0258. The molecule has 0 saturated carbocycles. The fourth-order valence-corrected chi connectivity index (χ4v) is 3.12. The summed E-state index contributed by atoms with van der Waals surface area (Å²) in [5.41, 5.74) is 4.10. The van der Waals surface area contributed by atoms with Gasteiger partial charge in [0.15, 0.2) is 18.3 Å². The van der Waals surface area contributed by atoms with E-state index in [0.29, 0.717) is 11.3 Å². The van der Waals surface area contributed by atoms with E-state index in [0.717, 1.165) is 31.2 Å². The van der Waals surface area contributed by atoms with Crippen LogP contribution in [0, 0.1) is 0 Å². The van der Waals surface area contributed by atoms with Crippen LogP contribution in [0.1, 0.15) is 21.5 Å². The number of anilines is 1. The van der Waals surface area contributed by atoms with Crippen molar-refractivity contribution in [2.75, 3.05) is 25.0 Å². The maximum Gasteiger partial charge on any atom is 0.200 e. The third-order valence-electron chi connectivity index (χ3n) is 4.69. The van der Waals surface area contributed by atoms with Crippen molar-refractivity contribution < 1.29 is 9.53 Å². The fourth-order valence-electron chi connectivity index (χ4n) is 3.12. The molecule has 0 bridgehead atoms. The second-order valence-electron chi connectivity index (χ2n) is 6.88. The number of carbonyl (C=O) groups is 1. The molecule has 1 heterocycles. The Kier molecular flexibility index (Phi) is 5.86. The molecule has 1 aliphatic heterocycles. The minimum Gasteiger partial charge on any atom is -0.485 e. The minimum atomic E-state index is -0.0258. The average Bonchev–Trinajstić information content (AvgIpc) is 3.28. The first-order valence-electron chi connectivity index (χ1n) is 9.70. The van der Waals surface area contributed by atoms with Gasteiger partial charge in [0.1, 0.15) is 5.75 Å². The molecule has 0 unspecified atom stereocenters. The Balaban J connectivity index is 1.29. The predicted octanol–water partition coefficient (Wildman–Crippen LogP) is 3.91. The normalized spacial score (nSPS) is 12.8. The third-order valence-corrected chi connectivity index (χ3v) is 4.69. The lowest BCUT2D eigenvalue weighted by Gasteiger charge is -2.09. The second-order valence-corrected chi connectivity index (χ2v) is 6.88. The third kappa shape index (κ3) is 5.23. The Morgan fingerprint density at radius 2 is 1.62 bits per heavy atom. The van der Waals surface area contributed by atoms with E-state index in [9.17, 15) is 4.79 Å². The first-order chi connectivity index (χ1) is 14.3. The van der Waals surface area contributed by atoms with Crippen molar-refractivity contribution >= 4 is 17.4 Å². The summed E-state index contributed by atoms with van der Waals surface area (Å²) in [7, 11) is 0. The molecule has 0 fully saturated rings. The SMILES string of the molecule is O=C(COc1ccc(Cc2ccc(NC3=NCCN3)cc2)cc1)c1ccccc1. The van der Waals surface area contributed by atoms with E-state index in [-0.39, 0.29) is 12.4 Å². The number of carbonyl (C=O) groups excluding carboxylic acids is 1. The van der Waals surface area contributed by atoms with Crippen LogP contribution in [0.15, 0.2) is 83.9 Å². The molecular weight excluding hydrogens is 362 g/mol. The quantitative estimate of drug-likeness (QED) is 0.606. The molecule has 0 atom stereocenters. The molecule has 1 aliphatic rings. The standard InChI is InChI=1S/C24H23N3O2/c28-23(20-4-2-1-3-5-20)17-29-22-12-8-19(9-13-22)16-18-6-10-21(11-7-18)27-24-25-14-15-26-24/h1-13H,14-17H2,(H2,25,26,27). The Bertz CT molecular complexity index is 981. The van der Waals surface area contributed by atoms with E-state index in [2.05, 4.69) is 39.9 Å². The van der Waals surface area contributed by atoms with Gasteiger partial charge in [-0.25, -0.2) is 0 Å². The van der Waals surface area contributed by atoms with Crippen LogP contribution in [-0.4, -0.2) is 31.4 Å². The van der Waals surface area contributed by atoms with E-state index >= 15 is 0 Å². The summed E-state index contributed by atoms with van der Waals surface area (Å²) < 4.78 is 5.63. The number of guanidine groups is 1. The molecule has 3 aromatic carbocycles. The van der Waals surface area contributed by atoms with Crippen LogP contribution >= 0.6 is 0 Å². The molecule has 0 amide bonds. The highest BCUT2D eigenvalue weighted by molar-refractivity contribution is 5.97. The Labute approximate surface area is 170 Å². The van der Waals surface area contributed by atoms with Gasteiger partial charge in [-0.1, -0.05) is 54.6 Å². The van der Waals surface area contributed by atoms with E-state index in [4.69, 9.17) is 4.74 Å². The molecule has 4 rings (SSSR count). The summed E-state index contributed by atoms with van der Waals surface area (Å²) in [6.45, 7) is 1.75. The highest BCUT2D eigenvalue weighted by atomic mass is 16.5. The van der Waals surface area contributed by atoms with Gasteiger partial charge in [0.25, 0.3) is 0 Å². The number of nitrogens with one attached hydrogen (secondary N) is 2. The van der Waals surface area contributed by atoms with Crippen LogP contribution in [0.25, 0.3) is 0 Å². The summed E-state index contributed by atoms with van der Waals surface area (Å²) in [5, 5.41) is 6.47. The number of aliphatic imine (C=N–C) groups is 1. The average molecular weight is 385 g/mol. The lowest BCUT2D eigenvalue weighted by molar-refractivity contribution is 0.0921. The lowest BCUT2D eigenvalue weighted by Crippen LogP contribution is -2.26. The van der Waals surface area contributed by atoms with Gasteiger partial charge < -0.3 is 15.4 Å². The molecule has 146 valence electrons. The zero-order valence-electron chi connectivity index (χ0n) is 16.1. The highest BCUT2D eigenvalue weighted by Crippen LogP contribution is 2.17. The van der Waals surface area contributed by atoms with Crippen molar-refractivity contribution in [2.24, 2.45) is 4.99 Å². The van der Waals surface area contributed by atoms with Crippen LogP contribution in [0.3, 0.4) is 0 Å². The second kappa shape index (κ2) is 9.06. The van der Waals surface area contributed by atoms with Crippen molar-refractivity contribution in [1.82, 2.24) is 5.32 Å². The number of nitrogens with zero attached hydrogens (tertiary/aromatic N) is 1. The summed E-state index contributed by atoms with van der Waals surface area (Å²) >= 11 is 0. The van der Waals surface area contributed by atoms with Crippen LogP contribution < -0.4 is 15.4 Å². The molecule has 3 aromatic rings. The maximum absolute atomic E-state index is 12.1. The molecule has 5 nitrogen and oxygen atoms in total. The zero-order chi connectivity index (χ0) is 19.9. The molecule has 2 N–H and O–H groups in total. The number of Topliss-reactive ketones (excluding diaryl/α,β-unsaturated/α-hetero) is 1. The number of hydrogen-bond acceptors (Lipinski definition) is 5. The Morgan fingerprint density at radius 3 is 2.28 bits per heavy atom. The lowest BCUT2D eigenvalue weighted by atomic mass is 10.0. The van der Waals surface area contributed by atoms with E-state index in [1.54, 1.807) is 12.1 Å². The molecule has 0 aliphatic carbocycles. The molecule has 5 heteroatoms. The van der Waals surface area contributed by atoms with Gasteiger partial charge in [0, 0.05) is 17.8 Å². The molecule has 0 radical (unpaired) electrons. The van der Waals surface area contributed by atoms with Crippen molar-refractivity contribution in [2.45, 2.75) is 6.42 Å². The van der Waals surface area contributed by atoms with E-state index in [1.807, 2.05) is 42.5 Å². The van der Waals surface area contributed by atoms with Crippen molar-refractivity contribution in [3.05, 3.63) is 95.6 Å². The van der Waals surface area contributed by atoms with E-state index < -0.39 is 0 Å². The van der Waals surface area contributed by atoms with Gasteiger partial charge in [0.2, 0.25) is 0 Å². The van der Waals surface area contributed by atoms with Gasteiger partial charge in [-0.05, 0) is 41.8 Å². The van der Waals surface area contributed by atoms with Crippen LogP contribution in [0.4, 0.5) is 5.69 Å². The van der Waals surface area contributed by atoms with Gasteiger partial charge in [0.05, 0.1) is 6.54 Å². The molecule has 0 aromatic heterocycles. The van der Waals surface area contributed by atoms with Gasteiger partial charge in [-0.2, -0.15) is 0 Å². The number of rotatable bonds is 7. The largest absolute Gasteiger partial charge is 0.485 e. The Hall–Kier alpha value is -3.60. The smallest absolute Gasteiger partial charge is 0.200 e. The molecule has 29 heavy (non-hydrogen) atoms. The molecule has 0 saturated heterocycles. The maximum atomic E-state index is 12.1. The number of hydrogen-bond donors (Lipinski definition) is 2. The number of ketones is 1. The summed E-state index contributed by atoms with van der Waals surface area (Å²) in [4.78, 5) is 16.5. The summed E-state index contributed by atoms with van der Waals surface area (Å²) in [5.74, 6) is 1.50. The van der Waals surface area contributed by atoms with Crippen LogP contribution in [-0.2, 0) is 6.42 Å². The highest BCUT2D eigenvalue weighted by Gasteiger charge is 2.07. The fraction of sp³-hybridized carbons (Fsp3) is 0.167. The predicted molar refractivity (Wildman–Crippen MR) is 116 cm³/mol. The van der Waals surface area contributed by atoms with E-state index in [1.165, 1.54) is 11.1 Å². The van der Waals surface area contributed by atoms with Crippen LogP contribution in [0.2, 0.25) is 0 Å². The van der Waals surface area contributed by atoms with Gasteiger partial charge in [-0.15, -0.1) is 0 Å². The van der Waals surface area contributed by atoms with Crippen molar-refractivity contribution in [3.8, 4) is 5.75 Å². The first kappa shape index (κ1) is 18.7. The van der Waals surface area contributed by atoms with Crippen LogP contribution in [0.5, 0.6) is 5.75 Å². The van der Waals surface area contributed by atoms with Crippen molar-refractivity contribution in [1.29, 1.82) is 0 Å². The molecule has 0 spiro atoms. The Morgan fingerprint density at radius 1 is 0.931 bits per heavy atom. The van der Waals surface area contributed by atoms with Crippen molar-refractivity contribution in [3.63, 3.8) is 0 Å². The zero-order valence-corrected chi connectivity index (χ0v) is 16.1. The topological polar surface area (TPSA) is 62.7 Å². The summed E-state index contributed by atoms with van der Waals surface area (Å²) in [6, 6.07) is 25.4. The number of ether oxygens (including phenoxy) is 1. The first-order valence-corrected chi connectivity index (χ1v) is 9.70. The van der Waals surface area contributed by atoms with Gasteiger partial charge >= 0.3 is 0 Å². The molecular formula is C24H23N3O2. The number of benzene rings is 3. The summed E-state index contributed by atoms with van der Waals surface area (Å²) in [6.07, 6.45) is 0.836. The van der Waals surface area contributed by atoms with Gasteiger partial charge in [-0.3, -0.25) is 9.79 Å². The monoisotopic (exact) mass is 385 g/mol.